The largest absolute Gasteiger partial charge is 0.314 e. The molecule has 2 nitrogen and oxygen atoms in total. The van der Waals surface area contributed by atoms with Crippen LogP contribution in [-0.4, -0.2) is 48.6 Å². The molecule has 4 atom stereocenters. The SMILES string of the molecule is CCCNC1CC(C)CC(C)C1CN1CCSCC1. The van der Waals surface area contributed by atoms with E-state index in [2.05, 4.69) is 42.7 Å². The van der Waals surface area contributed by atoms with Crippen molar-refractivity contribution in [3.8, 4) is 0 Å². The molecule has 2 aliphatic rings. The summed E-state index contributed by atoms with van der Waals surface area (Å²) >= 11 is 2.12. The second-order valence-corrected chi connectivity index (χ2v) is 7.92. The van der Waals surface area contributed by atoms with Crippen molar-refractivity contribution in [2.75, 3.05) is 37.7 Å². The van der Waals surface area contributed by atoms with Gasteiger partial charge in [-0.15, -0.1) is 0 Å². The van der Waals surface area contributed by atoms with Crippen molar-refractivity contribution in [1.82, 2.24) is 10.2 Å². The molecule has 0 radical (unpaired) electrons. The van der Waals surface area contributed by atoms with Crippen LogP contribution in [0.2, 0.25) is 0 Å². The Kier molecular flexibility index (Phi) is 6.51. The topological polar surface area (TPSA) is 15.3 Å². The summed E-state index contributed by atoms with van der Waals surface area (Å²) in [6.45, 7) is 12.3. The Labute approximate surface area is 124 Å². The highest BCUT2D eigenvalue weighted by molar-refractivity contribution is 7.99. The number of hydrogen-bond donors (Lipinski definition) is 1. The van der Waals surface area contributed by atoms with Crippen molar-refractivity contribution in [3.63, 3.8) is 0 Å². The molecule has 4 unspecified atom stereocenters. The van der Waals surface area contributed by atoms with Gasteiger partial charge < -0.3 is 10.2 Å². The third-order valence-electron chi connectivity index (χ3n) is 4.91. The Balaban J connectivity index is 1.91. The minimum Gasteiger partial charge on any atom is -0.314 e. The standard InChI is InChI=1S/C16H32N2S/c1-4-5-17-16-11-13(2)10-14(3)15(16)12-18-6-8-19-9-7-18/h13-17H,4-12H2,1-3H3. The predicted molar refractivity (Wildman–Crippen MR) is 86.9 cm³/mol. The van der Waals surface area contributed by atoms with Crippen LogP contribution in [0.15, 0.2) is 0 Å². The van der Waals surface area contributed by atoms with E-state index in [4.69, 9.17) is 0 Å². The van der Waals surface area contributed by atoms with Gasteiger partial charge in [-0.05, 0) is 43.6 Å². The van der Waals surface area contributed by atoms with E-state index in [9.17, 15) is 0 Å². The zero-order chi connectivity index (χ0) is 13.7. The lowest BCUT2D eigenvalue weighted by atomic mass is 9.72. The van der Waals surface area contributed by atoms with Crippen LogP contribution in [0.5, 0.6) is 0 Å². The first kappa shape index (κ1) is 15.7. The summed E-state index contributed by atoms with van der Waals surface area (Å²) in [5.41, 5.74) is 0. The fraction of sp³-hybridized carbons (Fsp3) is 1.00. The highest BCUT2D eigenvalue weighted by Crippen LogP contribution is 2.34. The molecule has 3 heteroatoms. The van der Waals surface area contributed by atoms with Crippen LogP contribution < -0.4 is 5.32 Å². The predicted octanol–water partition coefficient (Wildman–Crippen LogP) is 3.09. The van der Waals surface area contributed by atoms with Crippen molar-refractivity contribution >= 4 is 11.8 Å². The van der Waals surface area contributed by atoms with Crippen molar-refractivity contribution in [2.45, 2.75) is 46.1 Å². The minimum atomic E-state index is 0.758. The zero-order valence-corrected chi connectivity index (χ0v) is 13.8. The molecule has 1 heterocycles. The van der Waals surface area contributed by atoms with Gasteiger partial charge in [-0.2, -0.15) is 11.8 Å². The normalized spacial score (nSPS) is 37.4. The first-order chi connectivity index (χ1) is 9.20. The molecule has 0 aromatic heterocycles. The summed E-state index contributed by atoms with van der Waals surface area (Å²) in [5, 5.41) is 3.84. The number of hydrogen-bond acceptors (Lipinski definition) is 3. The Morgan fingerprint density at radius 2 is 1.89 bits per heavy atom. The highest BCUT2D eigenvalue weighted by Gasteiger charge is 2.34. The summed E-state index contributed by atoms with van der Waals surface area (Å²) in [5.74, 6) is 5.32. The fourth-order valence-corrected chi connectivity index (χ4v) is 4.84. The number of rotatable bonds is 5. The van der Waals surface area contributed by atoms with Crippen molar-refractivity contribution in [2.24, 2.45) is 17.8 Å². The minimum absolute atomic E-state index is 0.758. The van der Waals surface area contributed by atoms with Gasteiger partial charge in [0.25, 0.3) is 0 Å². The van der Waals surface area contributed by atoms with Gasteiger partial charge in [0.1, 0.15) is 0 Å². The molecule has 2 fully saturated rings. The quantitative estimate of drug-likeness (QED) is 0.835. The van der Waals surface area contributed by atoms with Crippen LogP contribution >= 0.6 is 11.8 Å². The molecule has 1 aliphatic carbocycles. The van der Waals surface area contributed by atoms with Gasteiger partial charge in [0, 0.05) is 37.2 Å². The molecule has 0 amide bonds. The van der Waals surface area contributed by atoms with Crippen LogP contribution in [0.4, 0.5) is 0 Å². The molecule has 19 heavy (non-hydrogen) atoms. The van der Waals surface area contributed by atoms with E-state index in [0.29, 0.717) is 0 Å². The summed E-state index contributed by atoms with van der Waals surface area (Å²) in [4.78, 5) is 2.72. The van der Waals surface area contributed by atoms with Gasteiger partial charge in [0.15, 0.2) is 0 Å². The lowest BCUT2D eigenvalue weighted by molar-refractivity contribution is 0.105. The third kappa shape index (κ3) is 4.64. The van der Waals surface area contributed by atoms with E-state index >= 15 is 0 Å². The van der Waals surface area contributed by atoms with Crippen LogP contribution in [0.25, 0.3) is 0 Å². The molecule has 0 aromatic rings. The van der Waals surface area contributed by atoms with Gasteiger partial charge >= 0.3 is 0 Å². The maximum absolute atomic E-state index is 3.84. The maximum atomic E-state index is 3.84. The Bertz CT molecular complexity index is 253. The first-order valence-corrected chi connectivity index (χ1v) is 9.39. The molecule has 0 aromatic carbocycles. The van der Waals surface area contributed by atoms with E-state index in [1.807, 2.05) is 0 Å². The average molecular weight is 285 g/mol. The van der Waals surface area contributed by atoms with Crippen LogP contribution in [-0.2, 0) is 0 Å². The zero-order valence-electron chi connectivity index (χ0n) is 13.0. The third-order valence-corrected chi connectivity index (χ3v) is 5.85. The molecule has 112 valence electrons. The molecule has 0 bridgehead atoms. The summed E-state index contributed by atoms with van der Waals surface area (Å²) < 4.78 is 0. The maximum Gasteiger partial charge on any atom is 0.0113 e. The summed E-state index contributed by atoms with van der Waals surface area (Å²) in [7, 11) is 0. The van der Waals surface area contributed by atoms with Crippen LogP contribution in [0, 0.1) is 17.8 Å². The average Bonchev–Trinajstić information content (AvgIpc) is 2.41. The lowest BCUT2D eigenvalue weighted by Crippen LogP contribution is -2.50. The molecule has 1 saturated heterocycles. The Morgan fingerprint density at radius 1 is 1.16 bits per heavy atom. The van der Waals surface area contributed by atoms with Crippen LogP contribution in [0.1, 0.15) is 40.0 Å². The second-order valence-electron chi connectivity index (χ2n) is 6.69. The summed E-state index contributed by atoms with van der Waals surface area (Å²) in [6.07, 6.45) is 4.07. The number of nitrogens with zero attached hydrogens (tertiary/aromatic N) is 1. The molecular weight excluding hydrogens is 252 g/mol. The van der Waals surface area contributed by atoms with Gasteiger partial charge in [-0.25, -0.2) is 0 Å². The van der Waals surface area contributed by atoms with E-state index in [1.165, 1.54) is 56.9 Å². The van der Waals surface area contributed by atoms with Crippen molar-refractivity contribution in [1.29, 1.82) is 0 Å². The van der Waals surface area contributed by atoms with Gasteiger partial charge in [-0.3, -0.25) is 0 Å². The van der Waals surface area contributed by atoms with E-state index < -0.39 is 0 Å². The lowest BCUT2D eigenvalue weighted by Gasteiger charge is -2.43. The summed E-state index contributed by atoms with van der Waals surface area (Å²) in [6, 6.07) is 0.758. The number of thioether (sulfide) groups is 1. The van der Waals surface area contributed by atoms with Gasteiger partial charge in [-0.1, -0.05) is 20.8 Å². The molecule has 1 saturated carbocycles. The van der Waals surface area contributed by atoms with Gasteiger partial charge in [0.2, 0.25) is 0 Å². The van der Waals surface area contributed by atoms with E-state index in [0.717, 1.165) is 23.8 Å². The monoisotopic (exact) mass is 284 g/mol. The van der Waals surface area contributed by atoms with Crippen molar-refractivity contribution in [3.05, 3.63) is 0 Å². The Hall–Kier alpha value is 0.270. The fourth-order valence-electron chi connectivity index (χ4n) is 3.86. The van der Waals surface area contributed by atoms with Crippen molar-refractivity contribution < 1.29 is 0 Å². The Morgan fingerprint density at radius 3 is 2.58 bits per heavy atom. The van der Waals surface area contributed by atoms with Gasteiger partial charge in [0.05, 0.1) is 0 Å². The number of nitrogens with one attached hydrogen (secondary N) is 1. The molecule has 1 N–H and O–H groups in total. The van der Waals surface area contributed by atoms with E-state index in [1.54, 1.807) is 0 Å². The molecule has 1 aliphatic heterocycles. The van der Waals surface area contributed by atoms with Crippen LogP contribution in [0.3, 0.4) is 0 Å². The smallest absolute Gasteiger partial charge is 0.0113 e. The highest BCUT2D eigenvalue weighted by atomic mass is 32.2. The first-order valence-electron chi connectivity index (χ1n) is 8.24. The molecular formula is C16H32N2S. The second kappa shape index (κ2) is 7.90. The molecule has 0 spiro atoms. The molecule has 2 rings (SSSR count). The van der Waals surface area contributed by atoms with E-state index in [-0.39, 0.29) is 0 Å².